The van der Waals surface area contributed by atoms with E-state index in [1.807, 2.05) is 0 Å². The zero-order valence-corrected chi connectivity index (χ0v) is 22.4. The van der Waals surface area contributed by atoms with Gasteiger partial charge in [0.2, 0.25) is 0 Å². The van der Waals surface area contributed by atoms with E-state index in [9.17, 15) is 4.57 Å². The summed E-state index contributed by atoms with van der Waals surface area (Å²) < 4.78 is 29.7. The standard InChI is InChI=1S/C26H55O4P/c1-5-7-9-10-11-12-13-14-15-16-17-18-19-20-22-29-31(27,24-8-6-2)30-25-26(3)21-23-28-4/h26H,5-25H2,1-4H3. The molecular formula is C26H55O4P. The van der Waals surface area contributed by atoms with Gasteiger partial charge in [0.05, 0.1) is 19.4 Å². The maximum atomic E-state index is 13.0. The monoisotopic (exact) mass is 462 g/mol. The van der Waals surface area contributed by atoms with Gasteiger partial charge >= 0.3 is 7.60 Å². The van der Waals surface area contributed by atoms with Crippen LogP contribution in [0.2, 0.25) is 0 Å². The highest BCUT2D eigenvalue weighted by molar-refractivity contribution is 7.53. The molecule has 0 aromatic rings. The lowest BCUT2D eigenvalue weighted by molar-refractivity contribution is 0.144. The van der Waals surface area contributed by atoms with E-state index in [4.69, 9.17) is 13.8 Å². The molecule has 0 saturated carbocycles. The molecule has 31 heavy (non-hydrogen) atoms. The Morgan fingerprint density at radius 3 is 1.61 bits per heavy atom. The van der Waals surface area contributed by atoms with Gasteiger partial charge in [-0.25, -0.2) is 0 Å². The Balaban J connectivity index is 3.68. The Labute approximate surface area is 195 Å². The normalized spacial score (nSPS) is 14.6. The molecule has 2 unspecified atom stereocenters. The third-order valence-corrected chi connectivity index (χ3v) is 7.92. The van der Waals surface area contributed by atoms with Gasteiger partial charge in [0, 0.05) is 13.7 Å². The first-order valence-electron chi connectivity index (χ1n) is 13.4. The first-order chi connectivity index (χ1) is 15.1. The molecule has 0 radical (unpaired) electrons. The van der Waals surface area contributed by atoms with Crippen LogP contribution in [0.1, 0.15) is 130 Å². The van der Waals surface area contributed by atoms with Crippen LogP contribution in [-0.2, 0) is 18.3 Å². The molecule has 0 aromatic heterocycles. The van der Waals surface area contributed by atoms with E-state index in [2.05, 4.69) is 20.8 Å². The summed E-state index contributed by atoms with van der Waals surface area (Å²) in [7, 11) is -1.24. The Hall–Kier alpha value is 0.110. The minimum absolute atomic E-state index is 0.333. The highest BCUT2D eigenvalue weighted by Gasteiger charge is 2.24. The molecule has 0 spiro atoms. The summed E-state index contributed by atoms with van der Waals surface area (Å²) in [6, 6.07) is 0. The number of hydrogen-bond donors (Lipinski definition) is 0. The molecule has 5 heteroatoms. The Morgan fingerprint density at radius 2 is 1.13 bits per heavy atom. The molecule has 0 amide bonds. The lowest BCUT2D eigenvalue weighted by Crippen LogP contribution is -2.10. The summed E-state index contributed by atoms with van der Waals surface area (Å²) in [6.45, 7) is 8.26. The van der Waals surface area contributed by atoms with Crippen molar-refractivity contribution in [1.29, 1.82) is 0 Å². The van der Waals surface area contributed by atoms with Crippen molar-refractivity contribution in [3.05, 3.63) is 0 Å². The Morgan fingerprint density at radius 1 is 0.645 bits per heavy atom. The highest BCUT2D eigenvalue weighted by Crippen LogP contribution is 2.49. The van der Waals surface area contributed by atoms with E-state index >= 15 is 0 Å². The summed E-state index contributed by atoms with van der Waals surface area (Å²) in [5, 5.41) is 0. The van der Waals surface area contributed by atoms with Gasteiger partial charge in [-0.3, -0.25) is 4.57 Å². The molecule has 0 aliphatic carbocycles. The van der Waals surface area contributed by atoms with E-state index < -0.39 is 7.60 Å². The molecule has 0 N–H and O–H groups in total. The Kier molecular flexibility index (Phi) is 23.4. The average molecular weight is 463 g/mol. The van der Waals surface area contributed by atoms with Crippen LogP contribution in [0.5, 0.6) is 0 Å². The molecular weight excluding hydrogens is 407 g/mol. The van der Waals surface area contributed by atoms with Crippen LogP contribution in [0.25, 0.3) is 0 Å². The van der Waals surface area contributed by atoms with Crippen LogP contribution in [0.3, 0.4) is 0 Å². The largest absolute Gasteiger partial charge is 0.385 e. The van der Waals surface area contributed by atoms with Gasteiger partial charge < -0.3 is 13.8 Å². The van der Waals surface area contributed by atoms with E-state index in [0.717, 1.165) is 32.1 Å². The zero-order chi connectivity index (χ0) is 23.0. The Bertz CT molecular complexity index is 403. The molecule has 0 bridgehead atoms. The first kappa shape index (κ1) is 31.1. The van der Waals surface area contributed by atoms with Crippen molar-refractivity contribution in [2.45, 2.75) is 130 Å². The van der Waals surface area contributed by atoms with Crippen molar-refractivity contribution >= 4 is 7.60 Å². The highest BCUT2D eigenvalue weighted by atomic mass is 31.2. The van der Waals surface area contributed by atoms with Crippen molar-refractivity contribution in [3.63, 3.8) is 0 Å². The maximum Gasteiger partial charge on any atom is 0.330 e. The topological polar surface area (TPSA) is 44.8 Å². The summed E-state index contributed by atoms with van der Waals surface area (Å²) in [4.78, 5) is 0. The number of rotatable bonds is 25. The fourth-order valence-corrected chi connectivity index (χ4v) is 5.59. The van der Waals surface area contributed by atoms with Gasteiger partial charge in [0.25, 0.3) is 0 Å². The van der Waals surface area contributed by atoms with Crippen LogP contribution < -0.4 is 0 Å². The van der Waals surface area contributed by atoms with Crippen LogP contribution in [0, 0.1) is 5.92 Å². The van der Waals surface area contributed by atoms with Gasteiger partial charge in [-0.1, -0.05) is 111 Å². The molecule has 0 aliphatic rings. The van der Waals surface area contributed by atoms with E-state index in [1.54, 1.807) is 7.11 Å². The number of hydrogen-bond acceptors (Lipinski definition) is 4. The van der Waals surface area contributed by atoms with Gasteiger partial charge in [0.15, 0.2) is 0 Å². The minimum Gasteiger partial charge on any atom is -0.385 e. The van der Waals surface area contributed by atoms with Crippen LogP contribution in [0.15, 0.2) is 0 Å². The van der Waals surface area contributed by atoms with Crippen LogP contribution in [0.4, 0.5) is 0 Å². The SMILES string of the molecule is CCCCCCCCCCCCCCCCOP(=O)(CCCC)OCC(C)CCOC. The van der Waals surface area contributed by atoms with Gasteiger partial charge in [-0.15, -0.1) is 0 Å². The predicted molar refractivity (Wildman–Crippen MR) is 135 cm³/mol. The third kappa shape index (κ3) is 21.7. The minimum atomic E-state index is -2.95. The molecule has 0 heterocycles. The second-order valence-corrected chi connectivity index (χ2v) is 11.5. The number of unbranched alkanes of at least 4 members (excludes halogenated alkanes) is 14. The third-order valence-electron chi connectivity index (χ3n) is 5.94. The molecule has 0 saturated heterocycles. The smallest absolute Gasteiger partial charge is 0.330 e. The average Bonchev–Trinajstić information content (AvgIpc) is 2.77. The molecule has 0 rings (SSSR count). The lowest BCUT2D eigenvalue weighted by atomic mass is 10.0. The zero-order valence-electron chi connectivity index (χ0n) is 21.5. The van der Waals surface area contributed by atoms with Gasteiger partial charge in [-0.2, -0.15) is 0 Å². The lowest BCUT2D eigenvalue weighted by Gasteiger charge is -2.20. The summed E-state index contributed by atoms with van der Waals surface area (Å²) in [5.74, 6) is 0.333. The maximum absolute atomic E-state index is 13.0. The predicted octanol–water partition coefficient (Wildman–Crippen LogP) is 9.17. The van der Waals surface area contributed by atoms with Crippen molar-refractivity contribution in [2.75, 3.05) is 33.1 Å². The molecule has 188 valence electrons. The van der Waals surface area contributed by atoms with Crippen molar-refractivity contribution < 1.29 is 18.3 Å². The van der Waals surface area contributed by atoms with Gasteiger partial charge in [-0.05, 0) is 25.2 Å². The second kappa shape index (κ2) is 23.3. The fraction of sp³-hybridized carbons (Fsp3) is 1.00. The van der Waals surface area contributed by atoms with Crippen LogP contribution >= 0.6 is 7.60 Å². The quantitative estimate of drug-likeness (QED) is 0.100. The van der Waals surface area contributed by atoms with Crippen molar-refractivity contribution in [3.8, 4) is 0 Å². The van der Waals surface area contributed by atoms with Crippen molar-refractivity contribution in [2.24, 2.45) is 5.92 Å². The fourth-order valence-electron chi connectivity index (χ4n) is 3.66. The van der Waals surface area contributed by atoms with E-state index in [-0.39, 0.29) is 0 Å². The summed E-state index contributed by atoms with van der Waals surface area (Å²) >= 11 is 0. The van der Waals surface area contributed by atoms with E-state index in [1.165, 1.54) is 77.0 Å². The first-order valence-corrected chi connectivity index (χ1v) is 15.2. The van der Waals surface area contributed by atoms with Gasteiger partial charge in [0.1, 0.15) is 0 Å². The summed E-state index contributed by atoms with van der Waals surface area (Å²) in [5.41, 5.74) is 0. The molecule has 0 aromatic carbocycles. The second-order valence-electron chi connectivity index (χ2n) is 9.30. The van der Waals surface area contributed by atoms with Crippen LogP contribution in [-0.4, -0.2) is 33.1 Å². The number of ether oxygens (including phenoxy) is 1. The summed E-state index contributed by atoms with van der Waals surface area (Å²) in [6.07, 6.45) is 22.1. The molecule has 0 aliphatic heterocycles. The molecule has 2 atom stereocenters. The number of methoxy groups -OCH3 is 1. The molecule has 0 fully saturated rings. The van der Waals surface area contributed by atoms with E-state index in [0.29, 0.717) is 31.9 Å². The molecule has 4 nitrogen and oxygen atoms in total. The van der Waals surface area contributed by atoms with Crippen molar-refractivity contribution in [1.82, 2.24) is 0 Å².